The molecule has 0 aliphatic carbocycles. The molecule has 0 bridgehead atoms. The van der Waals surface area contributed by atoms with Crippen molar-refractivity contribution in [3.05, 3.63) is 66.3 Å². The molecule has 3 rings (SSSR count). The first-order valence-corrected chi connectivity index (χ1v) is 47.8. The highest BCUT2D eigenvalue weighted by Crippen LogP contribution is 2.19. The molecule has 0 fully saturated rings. The Morgan fingerprint density at radius 2 is 0.722 bits per heavy atom. The summed E-state index contributed by atoms with van der Waals surface area (Å²) in [6.45, 7) is 25.5. The number of aromatic amines is 2. The van der Waals surface area contributed by atoms with Crippen molar-refractivity contribution in [2.24, 2.45) is 69.2 Å². The number of carboxylic acid groups (broad SMARTS) is 1. The standard InChI is InChI=1S/C92H150N28O24/c1-18-48(12)73(90(143)118-64(32-47(10)11)89(142)120-74(53(17)121)91(144)111-60(75(95)128)28-43(2)3)119-79(132)52(16)107-77(130)50(14)106-78(131)51(15)108-83(136)67(35-56-38-99-42-104-56)117-88(141)68(36-69(94)123)109-71(125)40-101-76(129)49(13)105-70(124)39-102-81(134)66(34-55-37-98-41-103-55)116-86(139)63(31-46(8)9)114-85(138)62(30-45(6)7)113-82(135)59(25-26-72(126)127)110-87(140)65(33-54-21-23-57(122)24-22-54)115-84(137)61(29-44(4)5)112-80(133)58(93)20-19-27-100-92(96)97/h21-24,37-38,41-53,58-68,73-74,121-122H,18-20,25-36,39-40,93H2,1-17H3,(H2,94,123)(H2,95,128)(H,98,103)(H,99,104)(H,101,129)(H,102,134)(H,105,124)(H,106,131)(H,107,130)(H,108,136)(H,109,125)(H,110,140)(H,111,144)(H,112,133)(H,113,135)(H,114,138)(H,115,137)(H,116,139)(H,117,141)(H,118,143)(H,119,132)(H,120,142)(H,126,127)(H4,96,97,100)/t48-,49-,50-,51-,52+,53+,58-,59-,60-,61-,62-,63-,64-,65-,66-,67-,68-,73-,74-/m0/s1. The van der Waals surface area contributed by atoms with Crippen LogP contribution in [0.4, 0.5) is 0 Å². The maximum atomic E-state index is 14.6. The Morgan fingerprint density at radius 3 is 1.15 bits per heavy atom. The fourth-order valence-electron chi connectivity index (χ4n) is 14.3. The number of phenols is 1. The van der Waals surface area contributed by atoms with Gasteiger partial charge in [0.1, 0.15) is 102 Å². The molecule has 2 heterocycles. The quantitative estimate of drug-likeness (QED) is 0.0142. The molecule has 0 saturated carbocycles. The number of hydrogen-bond donors (Lipinski definition) is 28. The number of nitrogens with one attached hydrogen (secondary N) is 20. The molecule has 0 aliphatic rings. The topological polar surface area (TPSA) is 836 Å². The lowest BCUT2D eigenvalue weighted by atomic mass is 9.96. The van der Waals surface area contributed by atoms with Gasteiger partial charge in [0.2, 0.25) is 118 Å². The van der Waals surface area contributed by atoms with Crippen LogP contribution in [-0.2, 0) is 120 Å². The van der Waals surface area contributed by atoms with Crippen molar-refractivity contribution in [3.8, 4) is 5.75 Å². The Bertz CT molecular complexity index is 4840. The molecule has 1 aromatic carbocycles. The van der Waals surface area contributed by atoms with Crippen LogP contribution < -0.4 is 124 Å². The molecule has 0 aliphatic heterocycles. The molecule has 0 unspecified atom stereocenters. The number of rotatable bonds is 65. The number of aromatic nitrogens is 4. The number of aliphatic carboxylic acids is 1. The number of aliphatic hydroxyl groups excluding tert-OH is 1. The summed E-state index contributed by atoms with van der Waals surface area (Å²) in [5.74, 6) is -22.5. The predicted molar refractivity (Wildman–Crippen MR) is 522 cm³/mol. The number of carboxylic acids is 1. The van der Waals surface area contributed by atoms with E-state index in [1.165, 1.54) is 83.9 Å². The number of nitrogens with two attached hydrogens (primary N) is 5. The maximum absolute atomic E-state index is 14.6. The van der Waals surface area contributed by atoms with E-state index >= 15 is 0 Å². The van der Waals surface area contributed by atoms with Crippen molar-refractivity contribution in [1.82, 2.24) is 116 Å². The van der Waals surface area contributed by atoms with Crippen LogP contribution in [0.3, 0.4) is 0 Å². The second kappa shape index (κ2) is 62.0. The lowest BCUT2D eigenvalue weighted by Crippen LogP contribution is -2.62. The number of aliphatic hydroxyl groups is 1. The first-order chi connectivity index (χ1) is 67.4. The number of aromatic hydroxyl groups is 1. The minimum absolute atomic E-state index is 0.0243. The van der Waals surface area contributed by atoms with Gasteiger partial charge in [0.05, 0.1) is 55.7 Å². The van der Waals surface area contributed by atoms with Crippen molar-refractivity contribution < 1.29 is 116 Å². The van der Waals surface area contributed by atoms with Crippen molar-refractivity contribution in [2.75, 3.05) is 19.6 Å². The molecular formula is C92H150N28O24. The van der Waals surface area contributed by atoms with Gasteiger partial charge in [-0.15, -0.1) is 0 Å². The molecule has 0 radical (unpaired) electrons. The normalized spacial score (nSPS) is 15.2. The van der Waals surface area contributed by atoms with Gasteiger partial charge in [-0.1, -0.05) is 102 Å². The summed E-state index contributed by atoms with van der Waals surface area (Å²) in [4.78, 5) is 305. The van der Waals surface area contributed by atoms with Gasteiger partial charge in [-0.25, -0.2) is 9.97 Å². The smallest absolute Gasteiger partial charge is 0.303 e. The van der Waals surface area contributed by atoms with Crippen molar-refractivity contribution in [1.29, 1.82) is 0 Å². The van der Waals surface area contributed by atoms with Crippen LogP contribution in [0.2, 0.25) is 0 Å². The van der Waals surface area contributed by atoms with Crippen LogP contribution in [0.25, 0.3) is 0 Å². The van der Waals surface area contributed by atoms with E-state index in [4.69, 9.17) is 28.7 Å². The molecule has 52 heteroatoms. The van der Waals surface area contributed by atoms with Gasteiger partial charge < -0.3 is 150 Å². The summed E-state index contributed by atoms with van der Waals surface area (Å²) in [5, 5.41) is 75.3. The summed E-state index contributed by atoms with van der Waals surface area (Å²) in [6, 6.07) is -19.0. The first-order valence-electron chi connectivity index (χ1n) is 47.8. The number of imidazole rings is 2. The molecule has 33 N–H and O–H groups in total. The zero-order valence-electron chi connectivity index (χ0n) is 84.6. The zero-order chi connectivity index (χ0) is 109. The number of benzene rings is 1. The number of carbonyl (C=O) groups is 21. The molecule has 2 aromatic heterocycles. The van der Waals surface area contributed by atoms with Gasteiger partial charge in [-0.3, -0.25) is 106 Å². The molecule has 19 atom stereocenters. The van der Waals surface area contributed by atoms with Gasteiger partial charge in [0.15, 0.2) is 5.96 Å². The van der Waals surface area contributed by atoms with Crippen molar-refractivity contribution in [2.45, 2.75) is 316 Å². The number of nitrogens with zero attached hydrogens (tertiary/aromatic N) is 3. The summed E-state index contributed by atoms with van der Waals surface area (Å²) >= 11 is 0. The minimum Gasteiger partial charge on any atom is -0.508 e. The SMILES string of the molecule is CC[C@H](C)[C@H](NC(=O)[C@@H](C)NC(=O)[C@H](C)NC(=O)[C@H](C)NC(=O)[C@H](Cc1c[nH]cn1)NC(=O)[C@H](CC(N)=O)NC(=O)CNC(=O)[C@H](C)NC(=O)CNC(=O)[C@H](Cc1c[nH]cn1)NC(=O)[C@H](CC(C)C)NC(=O)[C@H](CC(C)C)NC(=O)[C@H](CCC(=O)O)NC(=O)[C@H](Cc1ccc(O)cc1)NC(=O)[C@H](CC(C)C)NC(=O)[C@@H](N)CCCN=C(N)N)C(=O)N[C@@H](CC(C)C)C(=O)N[C@H](C(=O)N[C@@H](CC(C)C)C(N)=O)[C@@H](C)O. The Morgan fingerprint density at radius 1 is 0.375 bits per heavy atom. The highest BCUT2D eigenvalue weighted by Gasteiger charge is 2.41. The highest BCUT2D eigenvalue weighted by molar-refractivity contribution is 6.02. The predicted octanol–water partition coefficient (Wildman–Crippen LogP) is -6.80. The van der Waals surface area contributed by atoms with Crippen LogP contribution in [0.15, 0.2) is 54.3 Å². The summed E-state index contributed by atoms with van der Waals surface area (Å²) < 4.78 is 0. The third-order valence-electron chi connectivity index (χ3n) is 22.3. The van der Waals surface area contributed by atoms with E-state index in [0.717, 1.165) is 0 Å². The molecule has 802 valence electrons. The third kappa shape index (κ3) is 46.5. The Kier molecular flexibility index (Phi) is 53.3. The van der Waals surface area contributed by atoms with Gasteiger partial charge in [0.25, 0.3) is 0 Å². The van der Waals surface area contributed by atoms with Gasteiger partial charge in [0, 0.05) is 44.6 Å². The molecule has 0 spiro atoms. The first kappa shape index (κ1) is 124. The number of phenolic OH excluding ortho intramolecular Hbond substituents is 1. The number of carbonyl (C=O) groups excluding carboxylic acids is 20. The maximum Gasteiger partial charge on any atom is 0.303 e. The van der Waals surface area contributed by atoms with E-state index in [1.807, 2.05) is 0 Å². The zero-order valence-corrected chi connectivity index (χ0v) is 84.6. The largest absolute Gasteiger partial charge is 0.508 e. The van der Waals surface area contributed by atoms with Gasteiger partial charge in [-0.2, -0.15) is 0 Å². The summed E-state index contributed by atoms with van der Waals surface area (Å²) in [6.07, 6.45) is 1.57. The van der Waals surface area contributed by atoms with E-state index in [9.17, 15) is 116 Å². The number of H-pyrrole nitrogens is 2. The number of guanidine groups is 1. The van der Waals surface area contributed by atoms with Crippen LogP contribution in [-0.4, -0.2) is 294 Å². The van der Waals surface area contributed by atoms with Crippen LogP contribution in [0, 0.1) is 35.5 Å². The van der Waals surface area contributed by atoms with E-state index in [0.29, 0.717) is 18.4 Å². The second-order valence-electron chi connectivity index (χ2n) is 37.8. The second-order valence-corrected chi connectivity index (χ2v) is 37.8. The summed E-state index contributed by atoms with van der Waals surface area (Å²) in [7, 11) is 0. The van der Waals surface area contributed by atoms with Crippen LogP contribution in [0.1, 0.15) is 205 Å². The van der Waals surface area contributed by atoms with Crippen LogP contribution in [0.5, 0.6) is 5.75 Å². The average Bonchev–Trinajstić information content (AvgIpc) is 0.950. The van der Waals surface area contributed by atoms with E-state index in [-0.39, 0.29) is 117 Å². The van der Waals surface area contributed by atoms with E-state index < -0.39 is 271 Å². The molecular weight excluding hydrogens is 1880 g/mol. The number of hydrogen-bond acceptors (Lipinski definition) is 27. The average molecular weight is 2030 g/mol. The van der Waals surface area contributed by atoms with Crippen molar-refractivity contribution >= 4 is 130 Å². The lowest BCUT2D eigenvalue weighted by Gasteiger charge is -2.30. The van der Waals surface area contributed by atoms with E-state index in [1.54, 1.807) is 83.1 Å². The highest BCUT2D eigenvalue weighted by atomic mass is 16.4. The fraction of sp³-hybridized carbons (Fsp3) is 0.630. The van der Waals surface area contributed by atoms with Gasteiger partial charge >= 0.3 is 5.97 Å². The minimum atomic E-state index is -1.83. The Labute approximate surface area is 835 Å². The third-order valence-corrected chi connectivity index (χ3v) is 22.3. The monoisotopic (exact) mass is 2030 g/mol. The lowest BCUT2D eigenvalue weighted by molar-refractivity contribution is -0.139. The molecule has 144 heavy (non-hydrogen) atoms. The van der Waals surface area contributed by atoms with Crippen molar-refractivity contribution in [3.63, 3.8) is 0 Å². The molecule has 52 nitrogen and oxygen atoms in total. The van der Waals surface area contributed by atoms with Gasteiger partial charge in [-0.05, 0) is 139 Å². The van der Waals surface area contributed by atoms with Crippen LogP contribution >= 0.6 is 0 Å². The molecule has 3 aromatic rings. The summed E-state index contributed by atoms with van der Waals surface area (Å²) in [5.41, 5.74) is 28.8. The number of aliphatic imine (C=N–C) groups is 1. The molecule has 0 saturated heterocycles. The Balaban J connectivity index is 1.73. The number of amides is 20. The molecule has 20 amide bonds. The fourth-order valence-corrected chi connectivity index (χ4v) is 14.3. The Hall–Kier alpha value is -14.5. The number of primary amides is 2. The van der Waals surface area contributed by atoms with E-state index in [2.05, 4.69) is 121 Å².